The second-order valence-electron chi connectivity index (χ2n) is 4.68. The van der Waals surface area contributed by atoms with Gasteiger partial charge < -0.3 is 14.7 Å². The molecular weight excluding hydrogens is 258 g/mol. The highest BCUT2D eigenvalue weighted by molar-refractivity contribution is 5.72. The topological polar surface area (TPSA) is 66.8 Å². The number of hydrogen-bond acceptors (Lipinski definition) is 3. The number of hydrogen-bond donors (Lipinski definition) is 1. The van der Waals surface area contributed by atoms with Gasteiger partial charge in [-0.05, 0) is 24.8 Å². The molecule has 5 heteroatoms. The van der Waals surface area contributed by atoms with Crippen LogP contribution in [0.5, 0.6) is 0 Å². The van der Waals surface area contributed by atoms with E-state index in [1.54, 1.807) is 0 Å². The zero-order chi connectivity index (χ0) is 18.9. The molecule has 0 radical (unpaired) electrons. The molecule has 1 aliphatic rings. The first-order valence-electron chi connectivity index (χ1n) is 8.82. The van der Waals surface area contributed by atoms with Gasteiger partial charge in [-0.3, -0.25) is 4.79 Å². The summed E-state index contributed by atoms with van der Waals surface area (Å²) >= 11 is 0. The molecule has 2 unspecified atom stereocenters. The number of ether oxygens (including phenoxy) is 1. The molecule has 2 atom stereocenters. The quantitative estimate of drug-likeness (QED) is 0.922. The Morgan fingerprint density at radius 1 is 1.45 bits per heavy atom. The number of amides is 1. The third kappa shape index (κ3) is 3.29. The lowest BCUT2D eigenvalue weighted by Crippen LogP contribution is -2.48. The summed E-state index contributed by atoms with van der Waals surface area (Å²) in [6.07, 6.45) is -0.246. The molecule has 0 aromatic heterocycles. The van der Waals surface area contributed by atoms with E-state index in [4.69, 9.17) is 11.6 Å². The summed E-state index contributed by atoms with van der Waals surface area (Å²) in [6.45, 7) is 0.174. The number of carbonyl (C=O) groups is 2. The predicted octanol–water partition coefficient (Wildman–Crippen LogP) is 2.16. The third-order valence-electron chi connectivity index (χ3n) is 3.47. The molecule has 1 saturated heterocycles. The largest absolute Gasteiger partial charge is 0.481 e. The molecule has 1 N–H and O–H groups in total. The van der Waals surface area contributed by atoms with Gasteiger partial charge in [-0.25, -0.2) is 4.79 Å². The summed E-state index contributed by atoms with van der Waals surface area (Å²) < 4.78 is 43.8. The SMILES string of the molecule is [2H]c1c([2H])c([2H])c(CC2CC(C(=O)O)CCN2C(=O)OC)c([2H])c1[2H]. The Kier molecular flexibility index (Phi) is 2.88. The Labute approximate surface area is 125 Å². The maximum Gasteiger partial charge on any atom is 0.409 e. The fourth-order valence-electron chi connectivity index (χ4n) is 2.44. The second-order valence-corrected chi connectivity index (χ2v) is 4.68. The fourth-order valence-corrected chi connectivity index (χ4v) is 2.44. The van der Waals surface area contributed by atoms with E-state index < -0.39 is 42.1 Å². The standard InChI is InChI=1S/C15H19NO4/c1-20-15(19)16-8-7-12(14(17)18)10-13(16)9-11-5-3-2-4-6-11/h2-6,12-13H,7-10H2,1H3,(H,17,18)/i2D,3D,4D,5D,6D. The van der Waals surface area contributed by atoms with Crippen LogP contribution in [0.3, 0.4) is 0 Å². The number of nitrogens with zero attached hydrogens (tertiary/aromatic N) is 1. The normalized spacial score (nSPS) is 25.9. The van der Waals surface area contributed by atoms with Gasteiger partial charge in [0.2, 0.25) is 0 Å². The van der Waals surface area contributed by atoms with Crippen LogP contribution in [0.4, 0.5) is 4.79 Å². The molecular formula is C15H19NO4. The van der Waals surface area contributed by atoms with Crippen molar-refractivity contribution in [2.45, 2.75) is 25.3 Å². The van der Waals surface area contributed by atoms with E-state index in [0.29, 0.717) is 0 Å². The molecule has 5 nitrogen and oxygen atoms in total. The van der Waals surface area contributed by atoms with Crippen molar-refractivity contribution in [3.8, 4) is 0 Å². The Morgan fingerprint density at radius 3 is 2.75 bits per heavy atom. The molecule has 108 valence electrons. The first-order chi connectivity index (χ1) is 11.7. The number of likely N-dealkylation sites (tertiary alicyclic amines) is 1. The van der Waals surface area contributed by atoms with Crippen molar-refractivity contribution in [3.05, 3.63) is 35.8 Å². The Bertz CT molecular complexity index is 683. The van der Waals surface area contributed by atoms with E-state index in [-0.39, 0.29) is 43.5 Å². The highest BCUT2D eigenvalue weighted by atomic mass is 16.5. The van der Waals surface area contributed by atoms with Crippen LogP contribution >= 0.6 is 0 Å². The van der Waals surface area contributed by atoms with Gasteiger partial charge in [0, 0.05) is 12.6 Å². The lowest BCUT2D eigenvalue weighted by atomic mass is 9.88. The van der Waals surface area contributed by atoms with Crippen LogP contribution in [0, 0.1) is 5.92 Å². The maximum atomic E-state index is 12.0. The molecule has 1 fully saturated rings. The minimum atomic E-state index is -0.976. The lowest BCUT2D eigenvalue weighted by Gasteiger charge is -2.37. The molecule has 1 aliphatic heterocycles. The van der Waals surface area contributed by atoms with Crippen molar-refractivity contribution in [2.75, 3.05) is 13.7 Å². The van der Waals surface area contributed by atoms with Crippen LogP contribution < -0.4 is 0 Å². The van der Waals surface area contributed by atoms with Crippen molar-refractivity contribution in [2.24, 2.45) is 5.92 Å². The molecule has 0 bridgehead atoms. The van der Waals surface area contributed by atoms with Gasteiger partial charge in [0.15, 0.2) is 0 Å². The minimum absolute atomic E-state index is 0.0331. The summed E-state index contributed by atoms with van der Waals surface area (Å²) in [5.74, 6) is -1.63. The monoisotopic (exact) mass is 282 g/mol. The van der Waals surface area contributed by atoms with E-state index in [1.165, 1.54) is 12.0 Å². The molecule has 1 aromatic carbocycles. The van der Waals surface area contributed by atoms with Gasteiger partial charge in [0.1, 0.15) is 0 Å². The molecule has 1 aromatic rings. The van der Waals surface area contributed by atoms with Crippen molar-refractivity contribution < 1.29 is 26.3 Å². The van der Waals surface area contributed by atoms with Crippen molar-refractivity contribution in [3.63, 3.8) is 0 Å². The van der Waals surface area contributed by atoms with Gasteiger partial charge in [0.05, 0.1) is 19.9 Å². The summed E-state index contributed by atoms with van der Waals surface area (Å²) in [5, 5.41) is 9.24. The fraction of sp³-hybridized carbons (Fsp3) is 0.467. The average molecular weight is 282 g/mol. The molecule has 2 rings (SSSR count). The van der Waals surface area contributed by atoms with Gasteiger partial charge >= 0.3 is 12.1 Å². The summed E-state index contributed by atoms with van der Waals surface area (Å²) in [7, 11) is 1.22. The van der Waals surface area contributed by atoms with Crippen molar-refractivity contribution in [1.29, 1.82) is 0 Å². The van der Waals surface area contributed by atoms with Gasteiger partial charge in [0.25, 0.3) is 0 Å². The van der Waals surface area contributed by atoms with E-state index in [0.717, 1.165) is 0 Å². The third-order valence-corrected chi connectivity index (χ3v) is 3.47. The maximum absolute atomic E-state index is 12.0. The van der Waals surface area contributed by atoms with E-state index in [2.05, 4.69) is 0 Å². The molecule has 1 heterocycles. The smallest absolute Gasteiger partial charge is 0.409 e. The highest BCUT2D eigenvalue weighted by Gasteiger charge is 2.35. The predicted molar refractivity (Wildman–Crippen MR) is 73.4 cm³/mol. The number of benzene rings is 1. The van der Waals surface area contributed by atoms with Crippen molar-refractivity contribution >= 4 is 12.1 Å². The molecule has 0 saturated carbocycles. The Hall–Kier alpha value is -2.04. The lowest BCUT2D eigenvalue weighted by molar-refractivity contribution is -0.144. The minimum Gasteiger partial charge on any atom is -0.481 e. The summed E-state index contributed by atoms with van der Waals surface area (Å²) in [4.78, 5) is 24.6. The number of rotatable bonds is 3. The molecule has 20 heavy (non-hydrogen) atoms. The summed E-state index contributed by atoms with van der Waals surface area (Å²) in [5.41, 5.74) is 0.0657. The van der Waals surface area contributed by atoms with Crippen molar-refractivity contribution in [1.82, 2.24) is 4.90 Å². The van der Waals surface area contributed by atoms with E-state index in [9.17, 15) is 14.7 Å². The van der Waals surface area contributed by atoms with Crippen LogP contribution in [-0.2, 0) is 16.0 Å². The number of methoxy groups -OCH3 is 1. The summed E-state index contributed by atoms with van der Waals surface area (Å²) in [6, 6.07) is -2.69. The first kappa shape index (κ1) is 9.00. The van der Waals surface area contributed by atoms with Crippen LogP contribution in [-0.4, -0.2) is 41.8 Å². The van der Waals surface area contributed by atoms with Gasteiger partial charge in [-0.2, -0.15) is 0 Å². The Morgan fingerprint density at radius 2 is 2.15 bits per heavy atom. The van der Waals surface area contributed by atoms with E-state index >= 15 is 0 Å². The number of carbonyl (C=O) groups excluding carboxylic acids is 1. The number of carboxylic acids is 1. The molecule has 1 amide bonds. The van der Waals surface area contributed by atoms with E-state index in [1.807, 2.05) is 0 Å². The zero-order valence-corrected chi connectivity index (χ0v) is 11.1. The number of aliphatic carboxylic acids is 1. The zero-order valence-electron chi connectivity index (χ0n) is 16.1. The van der Waals surface area contributed by atoms with Crippen LogP contribution in [0.2, 0.25) is 0 Å². The van der Waals surface area contributed by atoms with Gasteiger partial charge in [-0.1, -0.05) is 30.2 Å². The highest BCUT2D eigenvalue weighted by Crippen LogP contribution is 2.26. The van der Waals surface area contributed by atoms with Crippen LogP contribution in [0.25, 0.3) is 0 Å². The van der Waals surface area contributed by atoms with Crippen LogP contribution in [0.15, 0.2) is 30.2 Å². The first-order valence-corrected chi connectivity index (χ1v) is 6.32. The molecule has 0 spiro atoms. The number of carboxylic acid groups (broad SMARTS) is 1. The molecule has 0 aliphatic carbocycles. The second kappa shape index (κ2) is 6.41. The van der Waals surface area contributed by atoms with Gasteiger partial charge in [-0.15, -0.1) is 0 Å². The average Bonchev–Trinajstić information content (AvgIpc) is 2.61. The number of piperidine rings is 1. The van der Waals surface area contributed by atoms with Crippen LogP contribution in [0.1, 0.15) is 25.3 Å². The Balaban J connectivity index is 2.40.